The zero-order chi connectivity index (χ0) is 15.5. The van der Waals surface area contributed by atoms with Gasteiger partial charge in [-0.25, -0.2) is 0 Å². The van der Waals surface area contributed by atoms with E-state index >= 15 is 0 Å². The molecule has 0 amide bonds. The third-order valence-corrected chi connectivity index (χ3v) is 2.59. The molecule has 20 heavy (non-hydrogen) atoms. The van der Waals surface area contributed by atoms with E-state index in [1.807, 2.05) is 45.9 Å². The molecule has 1 aliphatic rings. The molecule has 0 spiro atoms. The van der Waals surface area contributed by atoms with Gasteiger partial charge in [0.05, 0.1) is 7.11 Å². The van der Waals surface area contributed by atoms with Gasteiger partial charge in [0.25, 0.3) is 0 Å². The SMILES string of the molecule is CC.CC.COc1ccc2c(c1)CC(COC(C)=O)=C2. The van der Waals surface area contributed by atoms with Crippen LogP contribution in [0.2, 0.25) is 0 Å². The maximum Gasteiger partial charge on any atom is 0.302 e. The third-order valence-electron chi connectivity index (χ3n) is 2.59. The van der Waals surface area contributed by atoms with Crippen molar-refractivity contribution >= 4 is 12.0 Å². The molecule has 0 bridgehead atoms. The lowest BCUT2D eigenvalue weighted by Gasteiger charge is -2.03. The maximum atomic E-state index is 10.7. The Morgan fingerprint density at radius 1 is 1.20 bits per heavy atom. The average molecular weight is 278 g/mol. The van der Waals surface area contributed by atoms with Crippen LogP contribution in [0, 0.1) is 0 Å². The highest BCUT2D eigenvalue weighted by atomic mass is 16.5. The van der Waals surface area contributed by atoms with Gasteiger partial charge in [0.15, 0.2) is 0 Å². The first-order chi connectivity index (χ1) is 9.69. The maximum absolute atomic E-state index is 10.7. The van der Waals surface area contributed by atoms with Gasteiger partial charge in [-0.1, -0.05) is 39.8 Å². The first-order valence-electron chi connectivity index (χ1n) is 7.19. The number of rotatable bonds is 3. The molecule has 3 nitrogen and oxygen atoms in total. The lowest BCUT2D eigenvalue weighted by molar-refractivity contribution is -0.139. The summed E-state index contributed by atoms with van der Waals surface area (Å²) in [5.41, 5.74) is 3.53. The van der Waals surface area contributed by atoms with Gasteiger partial charge in [0.2, 0.25) is 0 Å². The second-order valence-electron chi connectivity index (χ2n) is 3.82. The minimum atomic E-state index is -0.241. The summed E-state index contributed by atoms with van der Waals surface area (Å²) < 4.78 is 10.1. The van der Waals surface area contributed by atoms with Crippen molar-refractivity contribution in [2.75, 3.05) is 13.7 Å². The molecular formula is C17H26O3. The van der Waals surface area contributed by atoms with Crippen LogP contribution in [0.1, 0.15) is 45.7 Å². The topological polar surface area (TPSA) is 35.5 Å². The zero-order valence-electron chi connectivity index (χ0n) is 13.4. The van der Waals surface area contributed by atoms with E-state index < -0.39 is 0 Å². The normalized spacial score (nSPS) is 11.0. The van der Waals surface area contributed by atoms with E-state index in [9.17, 15) is 4.79 Å². The van der Waals surface area contributed by atoms with Crippen molar-refractivity contribution in [3.8, 4) is 5.75 Å². The number of carbonyl (C=O) groups excluding carboxylic acids is 1. The Hall–Kier alpha value is -1.77. The van der Waals surface area contributed by atoms with Crippen LogP contribution >= 0.6 is 0 Å². The monoisotopic (exact) mass is 278 g/mol. The number of esters is 1. The largest absolute Gasteiger partial charge is 0.497 e. The summed E-state index contributed by atoms with van der Waals surface area (Å²) in [6.45, 7) is 9.80. The molecule has 1 aromatic carbocycles. The van der Waals surface area contributed by atoms with Gasteiger partial charge in [-0.05, 0) is 35.3 Å². The van der Waals surface area contributed by atoms with E-state index in [-0.39, 0.29) is 5.97 Å². The van der Waals surface area contributed by atoms with Crippen molar-refractivity contribution in [3.63, 3.8) is 0 Å². The van der Waals surface area contributed by atoms with Crippen LogP contribution in [0.3, 0.4) is 0 Å². The van der Waals surface area contributed by atoms with Gasteiger partial charge < -0.3 is 9.47 Å². The van der Waals surface area contributed by atoms with Crippen LogP contribution in [0.4, 0.5) is 0 Å². The van der Waals surface area contributed by atoms with Crippen LogP contribution in [0.15, 0.2) is 23.8 Å². The number of ether oxygens (including phenoxy) is 2. The fourth-order valence-electron chi connectivity index (χ4n) is 1.81. The molecule has 2 rings (SSSR count). The fraction of sp³-hybridized carbons (Fsp3) is 0.471. The Bertz CT molecular complexity index is 448. The van der Waals surface area contributed by atoms with Crippen LogP contribution in [0.5, 0.6) is 5.75 Å². The molecule has 0 radical (unpaired) electrons. The summed E-state index contributed by atoms with van der Waals surface area (Å²) in [7, 11) is 1.66. The minimum absolute atomic E-state index is 0.241. The van der Waals surface area contributed by atoms with E-state index in [4.69, 9.17) is 9.47 Å². The number of fused-ring (bicyclic) bond motifs is 1. The summed E-state index contributed by atoms with van der Waals surface area (Å²) in [4.78, 5) is 10.7. The van der Waals surface area contributed by atoms with Gasteiger partial charge in [-0.3, -0.25) is 4.79 Å². The van der Waals surface area contributed by atoms with Crippen molar-refractivity contribution in [2.45, 2.75) is 41.0 Å². The number of benzene rings is 1. The Labute approximate surface area is 122 Å². The fourth-order valence-corrected chi connectivity index (χ4v) is 1.81. The standard InChI is InChI=1S/C13H14O3.2C2H6/c1-9(14)16-8-10-5-11-3-4-13(15-2)7-12(11)6-10;2*1-2/h3-5,7H,6,8H2,1-2H3;2*1-2H3. The third kappa shape index (κ3) is 5.47. The summed E-state index contributed by atoms with van der Waals surface area (Å²) in [6, 6.07) is 5.98. The first-order valence-corrected chi connectivity index (χ1v) is 7.19. The molecule has 1 aromatic rings. The van der Waals surface area contributed by atoms with Crippen LogP contribution in [0.25, 0.3) is 6.08 Å². The molecule has 0 aromatic heterocycles. The smallest absolute Gasteiger partial charge is 0.302 e. The molecule has 3 heteroatoms. The minimum Gasteiger partial charge on any atom is -0.497 e. The molecule has 0 aliphatic heterocycles. The summed E-state index contributed by atoms with van der Waals surface area (Å²) in [5, 5.41) is 0. The van der Waals surface area contributed by atoms with Crippen molar-refractivity contribution in [2.24, 2.45) is 0 Å². The van der Waals surface area contributed by atoms with E-state index in [1.165, 1.54) is 18.1 Å². The van der Waals surface area contributed by atoms with Crippen molar-refractivity contribution in [1.29, 1.82) is 0 Å². The summed E-state index contributed by atoms with van der Waals surface area (Å²) >= 11 is 0. The summed E-state index contributed by atoms with van der Waals surface area (Å²) in [6.07, 6.45) is 2.90. The molecule has 0 heterocycles. The Kier molecular flexibility index (Phi) is 9.18. The molecular weight excluding hydrogens is 252 g/mol. The van der Waals surface area contributed by atoms with Crippen molar-refractivity contribution in [1.82, 2.24) is 0 Å². The van der Waals surface area contributed by atoms with Crippen LogP contribution in [-0.4, -0.2) is 19.7 Å². The van der Waals surface area contributed by atoms with Gasteiger partial charge in [-0.15, -0.1) is 0 Å². The molecule has 112 valence electrons. The number of hydrogen-bond acceptors (Lipinski definition) is 3. The van der Waals surface area contributed by atoms with E-state index in [2.05, 4.69) is 6.08 Å². The number of methoxy groups -OCH3 is 1. The van der Waals surface area contributed by atoms with Crippen LogP contribution in [-0.2, 0) is 16.0 Å². The predicted octanol–water partition coefficient (Wildman–Crippen LogP) is 4.25. The lowest BCUT2D eigenvalue weighted by atomic mass is 10.1. The zero-order valence-corrected chi connectivity index (χ0v) is 13.4. The Balaban J connectivity index is 0.000000829. The van der Waals surface area contributed by atoms with Gasteiger partial charge in [0.1, 0.15) is 12.4 Å². The molecule has 0 N–H and O–H groups in total. The van der Waals surface area contributed by atoms with Gasteiger partial charge >= 0.3 is 5.97 Å². The molecule has 0 unspecified atom stereocenters. The molecule has 0 saturated carbocycles. The summed E-state index contributed by atoms with van der Waals surface area (Å²) in [5.74, 6) is 0.621. The molecule has 0 fully saturated rings. The highest BCUT2D eigenvalue weighted by Gasteiger charge is 2.14. The predicted molar refractivity (Wildman–Crippen MR) is 84.0 cm³/mol. The average Bonchev–Trinajstić information content (AvgIpc) is 2.91. The van der Waals surface area contributed by atoms with E-state index in [0.717, 1.165) is 17.7 Å². The highest BCUT2D eigenvalue weighted by molar-refractivity contribution is 5.68. The molecule has 0 saturated heterocycles. The van der Waals surface area contributed by atoms with Crippen molar-refractivity contribution in [3.05, 3.63) is 34.9 Å². The Morgan fingerprint density at radius 2 is 1.85 bits per heavy atom. The lowest BCUT2D eigenvalue weighted by Crippen LogP contribution is -2.03. The first kappa shape index (κ1) is 18.2. The van der Waals surface area contributed by atoms with E-state index in [0.29, 0.717) is 6.61 Å². The van der Waals surface area contributed by atoms with Gasteiger partial charge in [0, 0.05) is 6.92 Å². The van der Waals surface area contributed by atoms with E-state index in [1.54, 1.807) is 7.11 Å². The second-order valence-corrected chi connectivity index (χ2v) is 3.82. The second kappa shape index (κ2) is 10.1. The quantitative estimate of drug-likeness (QED) is 0.775. The van der Waals surface area contributed by atoms with Gasteiger partial charge in [-0.2, -0.15) is 0 Å². The van der Waals surface area contributed by atoms with Crippen molar-refractivity contribution < 1.29 is 14.3 Å². The number of hydrogen-bond donors (Lipinski definition) is 0. The Morgan fingerprint density at radius 3 is 2.40 bits per heavy atom. The molecule has 0 atom stereocenters. The van der Waals surface area contributed by atoms with Crippen LogP contribution < -0.4 is 4.74 Å². The number of carbonyl (C=O) groups is 1. The highest BCUT2D eigenvalue weighted by Crippen LogP contribution is 2.28. The molecule has 1 aliphatic carbocycles.